The topological polar surface area (TPSA) is 273 Å². The third kappa shape index (κ3) is 32.0. The number of ketones is 1. The normalized spacial score (nSPS) is 12.3. The number of Topliss-reactive ketones (excluding diaryl/α,β-unsaturated/α-hetero) is 1. The lowest BCUT2D eigenvalue weighted by Crippen LogP contribution is -2.31. The summed E-state index contributed by atoms with van der Waals surface area (Å²) in [5.74, 6) is -18.8. The summed E-state index contributed by atoms with van der Waals surface area (Å²) in [5.41, 5.74) is 3.81. The number of halogens is 19. The molecule has 18 nitrogen and oxygen atoms in total. The number of rotatable bonds is 17. The molecule has 0 bridgehead atoms. The van der Waals surface area contributed by atoms with Crippen LogP contribution in [0.5, 0.6) is 0 Å². The molecular weight excluding hydrogens is 1760 g/mol. The molecule has 12 aromatic rings. The Hall–Kier alpha value is -11.6. The minimum Gasteiger partial charge on any atom is -0.481 e. The number of H-pyrrole nitrogens is 3. The van der Waals surface area contributed by atoms with Crippen molar-refractivity contribution in [3.63, 3.8) is 0 Å². The number of aromatic amines is 3. The Morgan fingerprint density at radius 2 is 0.902 bits per heavy atom. The number of carboxylic acids is 1. The highest BCUT2D eigenvalue weighted by Gasteiger charge is 2.49. The average Bonchev–Trinajstić information content (AvgIpc) is 1.65. The second-order valence-electron chi connectivity index (χ2n) is 28.4. The Morgan fingerprint density at radius 3 is 1.30 bits per heavy atom. The number of fused-ring (bicyclic) bond motifs is 3. The Kier molecular flexibility index (Phi) is 36.2. The Labute approximate surface area is 710 Å². The third-order valence-electron chi connectivity index (χ3n) is 16.7. The lowest BCUT2D eigenvalue weighted by molar-refractivity contribution is -0.182. The van der Waals surface area contributed by atoms with Crippen molar-refractivity contribution in [3.05, 3.63) is 290 Å². The molecule has 7 aromatic carbocycles. The average molecular weight is 1840 g/mol. The molecule has 38 heteroatoms. The summed E-state index contributed by atoms with van der Waals surface area (Å²) in [5, 5.41) is 28.0. The van der Waals surface area contributed by atoms with Gasteiger partial charge in [0.2, 0.25) is 0 Å². The number of methoxy groups -OCH3 is 2. The highest BCUT2D eigenvalue weighted by molar-refractivity contribution is 9.10. The Morgan fingerprint density at radius 1 is 0.488 bits per heavy atom. The van der Waals surface area contributed by atoms with Crippen LogP contribution in [0, 0.1) is 40.7 Å². The van der Waals surface area contributed by atoms with Crippen molar-refractivity contribution in [1.82, 2.24) is 24.9 Å². The van der Waals surface area contributed by atoms with Crippen molar-refractivity contribution in [2.45, 2.75) is 121 Å². The smallest absolute Gasteiger partial charge is 0.481 e. The van der Waals surface area contributed by atoms with Crippen LogP contribution in [-0.4, -0.2) is 127 Å². The predicted octanol–water partition coefficient (Wildman–Crippen LogP) is 20.7. The van der Waals surface area contributed by atoms with Crippen LogP contribution < -0.4 is 5.46 Å². The first-order chi connectivity index (χ1) is 57.3. The number of hydrogen-bond acceptors (Lipinski definition) is 14. The van der Waals surface area contributed by atoms with E-state index in [9.17, 15) is 99.0 Å². The van der Waals surface area contributed by atoms with Gasteiger partial charge in [0.05, 0.1) is 38.4 Å². The van der Waals surface area contributed by atoms with Crippen molar-refractivity contribution in [2.75, 3.05) is 14.2 Å². The molecule has 0 fully saturated rings. The quantitative estimate of drug-likeness (QED) is 0.0163. The van der Waals surface area contributed by atoms with Gasteiger partial charge in [0.15, 0.2) is 11.8 Å². The molecule has 0 saturated carbocycles. The van der Waals surface area contributed by atoms with Gasteiger partial charge in [0.25, 0.3) is 0 Å². The molecule has 654 valence electrons. The van der Waals surface area contributed by atoms with E-state index in [4.69, 9.17) is 47.8 Å². The van der Waals surface area contributed by atoms with E-state index in [1.165, 1.54) is 48.5 Å². The molecule has 0 aliphatic heterocycles. The number of hydrogen-bond donors (Lipinski definition) is 6. The molecule has 0 amide bonds. The van der Waals surface area contributed by atoms with Gasteiger partial charge in [-0.2, -0.15) is 39.5 Å². The number of nitrogens with one attached hydrogen (secondary N) is 3. The maximum absolute atomic E-state index is 13.8. The van der Waals surface area contributed by atoms with E-state index in [-0.39, 0.29) is 65.2 Å². The van der Waals surface area contributed by atoms with Crippen LogP contribution in [0.2, 0.25) is 10.0 Å². The zero-order chi connectivity index (χ0) is 91.8. The fourth-order valence-corrected chi connectivity index (χ4v) is 12.4. The Balaban J connectivity index is 0.000000231. The maximum Gasteiger partial charge on any atom is 0.488 e. The summed E-state index contributed by atoms with van der Waals surface area (Å²) >= 11 is 15.0. The number of aromatic nitrogens is 5. The van der Waals surface area contributed by atoms with Gasteiger partial charge in [-0.05, 0) is 220 Å². The number of carboxylic acid groups (broad SMARTS) is 1. The van der Waals surface area contributed by atoms with Crippen LogP contribution in [0.4, 0.5) is 70.2 Å². The summed E-state index contributed by atoms with van der Waals surface area (Å²) in [7, 11) is 0.167. The van der Waals surface area contributed by atoms with Crippen molar-refractivity contribution < 1.29 is 133 Å². The van der Waals surface area contributed by atoms with Crippen molar-refractivity contribution >= 4 is 120 Å². The summed E-state index contributed by atoms with van der Waals surface area (Å²) < 4.78 is 223. The molecular formula is C85H75BBrCl2F16N5O13. The minimum absolute atomic E-state index is 0.00715. The van der Waals surface area contributed by atoms with Gasteiger partial charge >= 0.3 is 61.3 Å². The van der Waals surface area contributed by atoms with Crippen LogP contribution in [0.1, 0.15) is 112 Å². The lowest BCUT2D eigenvalue weighted by Gasteiger charge is -2.23. The molecule has 0 radical (unpaired) electrons. The zero-order valence-corrected chi connectivity index (χ0v) is 68.9. The van der Waals surface area contributed by atoms with E-state index in [2.05, 4.69) is 50.3 Å². The monoisotopic (exact) mass is 1840 g/mol. The largest absolute Gasteiger partial charge is 0.488 e. The Bertz CT molecular complexity index is 5550. The molecule has 4 atom stereocenters. The molecule has 123 heavy (non-hydrogen) atoms. The van der Waals surface area contributed by atoms with E-state index in [0.717, 1.165) is 82.4 Å². The third-order valence-corrected chi connectivity index (χ3v) is 17.8. The second-order valence-corrected chi connectivity index (χ2v) is 30.1. The van der Waals surface area contributed by atoms with Gasteiger partial charge in [0, 0.05) is 119 Å². The molecule has 2 unspecified atom stereocenters. The van der Waals surface area contributed by atoms with Gasteiger partial charge < -0.3 is 49.1 Å². The summed E-state index contributed by atoms with van der Waals surface area (Å²) in [6.45, 7) is 10.8. The fourth-order valence-electron chi connectivity index (χ4n) is 11.6. The second kappa shape index (κ2) is 44.5. The molecule has 5 aromatic heterocycles. The summed E-state index contributed by atoms with van der Waals surface area (Å²) in [4.78, 5) is 83.6. The first kappa shape index (κ1) is 100. The van der Waals surface area contributed by atoms with Gasteiger partial charge in [-0.3, -0.25) is 33.9 Å². The summed E-state index contributed by atoms with van der Waals surface area (Å²) in [6, 6.07) is 40.7. The number of esters is 4. The van der Waals surface area contributed by atoms with Crippen LogP contribution in [0.3, 0.4) is 0 Å². The van der Waals surface area contributed by atoms with E-state index in [1.54, 1.807) is 115 Å². The number of pyridine rings is 2. The van der Waals surface area contributed by atoms with Crippen molar-refractivity contribution in [3.8, 4) is 11.1 Å². The number of aliphatic carboxylic acids is 1. The number of carbonyl (C=O) groups excluding carboxylic acids is 5. The number of benzene rings is 7. The molecule has 5 heterocycles. The zero-order valence-electron chi connectivity index (χ0n) is 65.8. The predicted molar refractivity (Wildman–Crippen MR) is 430 cm³/mol. The van der Waals surface area contributed by atoms with Gasteiger partial charge in [0.1, 0.15) is 51.9 Å². The highest BCUT2D eigenvalue weighted by atomic mass is 79.9. The summed E-state index contributed by atoms with van der Waals surface area (Å²) in [6.07, 6.45) is -7.26. The van der Waals surface area contributed by atoms with Gasteiger partial charge in [-0.15, -0.1) is 0 Å². The maximum atomic E-state index is 13.8. The highest BCUT2D eigenvalue weighted by Crippen LogP contribution is 2.42. The minimum atomic E-state index is -5.13. The molecule has 6 N–H and O–H groups in total. The molecule has 0 aliphatic rings. The van der Waals surface area contributed by atoms with E-state index >= 15 is 0 Å². The molecule has 12 rings (SSSR count). The first-order valence-corrected chi connectivity index (χ1v) is 37.6. The molecule has 0 spiro atoms. The van der Waals surface area contributed by atoms with Crippen LogP contribution >= 0.6 is 39.1 Å². The number of carbonyl (C=O) groups is 6. The standard InChI is InChI=1S/C25H24ClF2NO2.C19H20BrF2NO2.C12H9F4NO2.C11H7F4NO2.C8H6FN.C6H6BClO2.C4H3F3O3/c1-25(2,3)31-23(30)14-18(11-16-12-20(27)15-21(28)13-16)24-22(5-4-10-29-24)17-6-8-19(26)9-7-17;1-19(2,3)25-17(24)10-13(18-16(20)5-4-6-23-18)7-12-8-14(21)11-15(22)9-12;1-19-11(18)10(12(14,15)16)8-5-17-9-3-2-6(13)4-7(8)9;12-5-1-2-8-6(3-5)7(4-16-8)9(10(17)18)11(13,14)15;9-7-1-2-8-6(5-7)3-4-10-8;8-6-3-1-5(2-4-6)7(9)10;1-10-3(9)2(8)4(5,6)7/h4-10,12-13,15,18H,11,14H2,1-3H3;4-6,8-9,11,13H,7,10H2,1-3H3;2-5,10,17H,1H3;1-4,9,16H,(H,17,18);1-5,10H;1-4,9-10H;1H3/t18-;13-;;;;;/m11...../s1. The van der Waals surface area contributed by atoms with E-state index in [0.29, 0.717) is 50.6 Å². The number of ether oxygens (including phenoxy) is 4. The van der Waals surface area contributed by atoms with Crippen LogP contribution in [0.25, 0.3) is 43.8 Å². The van der Waals surface area contributed by atoms with Gasteiger partial charge in [-0.25, -0.2) is 35.5 Å². The van der Waals surface area contributed by atoms with Crippen molar-refractivity contribution in [2.24, 2.45) is 0 Å². The fraction of sp³-hybridized carbons (Fsp3) is 0.247. The number of nitrogens with zero attached hydrogens (tertiary/aromatic N) is 2. The van der Waals surface area contributed by atoms with E-state index in [1.807, 2.05) is 30.3 Å². The lowest BCUT2D eigenvalue weighted by atomic mass is 9.81. The molecule has 0 saturated heterocycles. The van der Waals surface area contributed by atoms with Crippen LogP contribution in [0.15, 0.2) is 205 Å². The SMILES string of the molecule is CC(C)(C)OC(=O)C[C@@H](Cc1cc(F)cc(F)c1)c1ncccc1-c1ccc(Cl)cc1.CC(C)(C)OC(=O)C[C@@H](Cc1cc(F)cc(F)c1)c1ncccc1Br.COC(=O)C(=O)C(F)(F)F.COC(=O)C(c1c[nH]c2ccc(F)cc12)C(F)(F)F.Fc1ccc2[nH]ccc2c1.O=C(O)C(c1c[nH]c2ccc(F)cc12)C(F)(F)F.OB(O)c1ccc(Cl)cc1. The first-order valence-electron chi connectivity index (χ1n) is 36.0. The number of alkyl halides is 9. The van der Waals surface area contributed by atoms with Gasteiger partial charge in [-0.1, -0.05) is 53.5 Å². The molecule has 0 aliphatic carbocycles. The van der Waals surface area contributed by atoms with E-state index < -0.39 is 125 Å². The van der Waals surface area contributed by atoms with Crippen LogP contribution in [-0.2, 0) is 60.6 Å². The van der Waals surface area contributed by atoms with Crippen molar-refractivity contribution in [1.29, 1.82) is 0 Å².